The van der Waals surface area contributed by atoms with Gasteiger partial charge in [0, 0.05) is 23.4 Å². The monoisotopic (exact) mass is 515 g/mol. The van der Waals surface area contributed by atoms with Crippen LogP contribution in [0.4, 0.5) is 0 Å². The van der Waals surface area contributed by atoms with Gasteiger partial charge in [0.2, 0.25) is 10.0 Å². The number of fused-ring (bicyclic) bond motifs is 1. The highest BCUT2D eigenvalue weighted by atomic mass is 79.9. The van der Waals surface area contributed by atoms with E-state index in [1.165, 1.54) is 31.3 Å². The quantitative estimate of drug-likeness (QED) is 0.491. The maximum atomic E-state index is 13.1. The van der Waals surface area contributed by atoms with E-state index in [1.54, 1.807) is 6.07 Å². The second kappa shape index (κ2) is 7.38. The number of furan rings is 1. The molecule has 0 unspecified atom stereocenters. The number of ketones is 1. The molecule has 0 fully saturated rings. The van der Waals surface area contributed by atoms with E-state index in [9.17, 15) is 18.3 Å². The first-order chi connectivity index (χ1) is 12.7. The third-order valence-electron chi connectivity index (χ3n) is 4.14. The highest BCUT2D eigenvalue weighted by Gasteiger charge is 2.24. The Hall–Kier alpha value is -1.68. The van der Waals surface area contributed by atoms with Gasteiger partial charge in [0.25, 0.3) is 0 Å². The fourth-order valence-electron chi connectivity index (χ4n) is 2.75. The maximum absolute atomic E-state index is 13.1. The van der Waals surface area contributed by atoms with Gasteiger partial charge in [-0.15, -0.1) is 0 Å². The normalized spacial score (nSPS) is 11.9. The number of nitrogens with one attached hydrogen (secondary N) is 1. The third-order valence-corrected chi connectivity index (χ3v) is 6.76. The maximum Gasteiger partial charge on any atom is 0.240 e. The Morgan fingerprint density at radius 2 is 1.81 bits per heavy atom. The van der Waals surface area contributed by atoms with E-state index in [1.807, 2.05) is 6.92 Å². The summed E-state index contributed by atoms with van der Waals surface area (Å²) in [5.41, 5.74) is 1.06. The molecule has 0 saturated heterocycles. The number of sulfonamides is 1. The van der Waals surface area contributed by atoms with Crippen LogP contribution in [0.5, 0.6) is 5.75 Å². The van der Waals surface area contributed by atoms with Crippen LogP contribution in [0.2, 0.25) is 0 Å². The Bertz CT molecular complexity index is 1140. The molecule has 3 rings (SSSR count). The molecule has 0 radical (unpaired) electrons. The molecule has 27 heavy (non-hydrogen) atoms. The second-order valence-electron chi connectivity index (χ2n) is 5.74. The van der Waals surface area contributed by atoms with Gasteiger partial charge in [-0.2, -0.15) is 0 Å². The second-order valence-corrected chi connectivity index (χ2v) is 9.33. The highest BCUT2D eigenvalue weighted by Crippen LogP contribution is 2.36. The van der Waals surface area contributed by atoms with Crippen molar-refractivity contribution < 1.29 is 22.7 Å². The molecule has 142 valence electrons. The van der Waals surface area contributed by atoms with Gasteiger partial charge in [-0.1, -0.05) is 6.92 Å². The van der Waals surface area contributed by atoms with Crippen LogP contribution in [0.25, 0.3) is 11.0 Å². The van der Waals surface area contributed by atoms with Crippen molar-refractivity contribution in [2.75, 3.05) is 7.05 Å². The van der Waals surface area contributed by atoms with Crippen molar-refractivity contribution in [3.05, 3.63) is 56.2 Å². The van der Waals surface area contributed by atoms with E-state index in [2.05, 4.69) is 36.6 Å². The molecular formula is C18H15Br2NO5S. The molecule has 2 N–H and O–H groups in total. The Balaban J connectivity index is 2.20. The van der Waals surface area contributed by atoms with Gasteiger partial charge in [-0.05, 0) is 63.2 Å². The number of aryl methyl sites for hydroxylation is 1. The van der Waals surface area contributed by atoms with E-state index < -0.39 is 10.0 Å². The van der Waals surface area contributed by atoms with Crippen LogP contribution < -0.4 is 4.72 Å². The highest BCUT2D eigenvalue weighted by molar-refractivity contribution is 9.11. The summed E-state index contributed by atoms with van der Waals surface area (Å²) in [6.07, 6.45) is 0.463. The van der Waals surface area contributed by atoms with Gasteiger partial charge in [0.15, 0.2) is 5.78 Å². The summed E-state index contributed by atoms with van der Waals surface area (Å²) in [5, 5.41) is 10.4. The molecule has 0 aliphatic carbocycles. The lowest BCUT2D eigenvalue weighted by atomic mass is 9.99. The van der Waals surface area contributed by atoms with E-state index in [0.717, 1.165) is 0 Å². The van der Waals surface area contributed by atoms with Crippen LogP contribution in [-0.4, -0.2) is 26.4 Å². The molecule has 0 bridgehead atoms. The van der Waals surface area contributed by atoms with Gasteiger partial charge >= 0.3 is 0 Å². The summed E-state index contributed by atoms with van der Waals surface area (Å²) >= 11 is 6.45. The number of aromatic hydroxyl groups is 1. The lowest BCUT2D eigenvalue weighted by Gasteiger charge is -2.06. The molecule has 9 heteroatoms. The van der Waals surface area contributed by atoms with E-state index in [-0.39, 0.29) is 16.4 Å². The van der Waals surface area contributed by atoms with Gasteiger partial charge in [0.1, 0.15) is 17.1 Å². The molecule has 1 aromatic heterocycles. The number of hydrogen-bond acceptors (Lipinski definition) is 5. The van der Waals surface area contributed by atoms with Crippen molar-refractivity contribution in [2.24, 2.45) is 0 Å². The first-order valence-corrected chi connectivity index (χ1v) is 11.0. The Labute approximate surface area is 172 Å². The number of phenols is 1. The zero-order valence-corrected chi connectivity index (χ0v) is 18.3. The van der Waals surface area contributed by atoms with Gasteiger partial charge in [-0.25, -0.2) is 13.1 Å². The number of halogens is 2. The van der Waals surface area contributed by atoms with E-state index >= 15 is 0 Å². The summed E-state index contributed by atoms with van der Waals surface area (Å²) in [4.78, 5) is 13.2. The van der Waals surface area contributed by atoms with Crippen molar-refractivity contribution in [1.82, 2.24) is 4.72 Å². The Morgan fingerprint density at radius 1 is 1.19 bits per heavy atom. The summed E-state index contributed by atoms with van der Waals surface area (Å²) < 4.78 is 32.8. The largest absolute Gasteiger partial charge is 0.506 e. The van der Waals surface area contributed by atoms with Crippen LogP contribution in [0.15, 0.2) is 48.6 Å². The minimum atomic E-state index is -3.62. The first kappa shape index (κ1) is 20.1. The number of carbonyl (C=O) groups excluding carboxylic acids is 1. The Kier molecular flexibility index (Phi) is 5.49. The van der Waals surface area contributed by atoms with E-state index in [4.69, 9.17) is 4.42 Å². The summed E-state index contributed by atoms with van der Waals surface area (Å²) in [6, 6.07) is 7.46. The zero-order chi connectivity index (χ0) is 19.9. The predicted molar refractivity (Wildman–Crippen MR) is 109 cm³/mol. The van der Waals surface area contributed by atoms with E-state index in [0.29, 0.717) is 43.2 Å². The van der Waals surface area contributed by atoms with Crippen LogP contribution in [0.1, 0.15) is 28.6 Å². The molecule has 0 aliphatic heterocycles. The zero-order valence-electron chi connectivity index (χ0n) is 14.3. The average Bonchev–Trinajstić information content (AvgIpc) is 3.02. The minimum absolute atomic E-state index is 0.00114. The van der Waals surface area contributed by atoms with Crippen LogP contribution >= 0.6 is 31.9 Å². The van der Waals surface area contributed by atoms with Gasteiger partial charge in [-0.3, -0.25) is 4.79 Å². The van der Waals surface area contributed by atoms with Crippen molar-refractivity contribution >= 4 is 58.6 Å². The minimum Gasteiger partial charge on any atom is -0.506 e. The number of carbonyl (C=O) groups is 1. The molecule has 3 aromatic rings. The summed E-state index contributed by atoms with van der Waals surface area (Å²) in [7, 11) is -2.30. The van der Waals surface area contributed by atoms with Crippen molar-refractivity contribution in [3.8, 4) is 5.75 Å². The smallest absolute Gasteiger partial charge is 0.240 e. The molecule has 6 nitrogen and oxygen atoms in total. The molecule has 0 amide bonds. The number of hydrogen-bond donors (Lipinski definition) is 2. The van der Waals surface area contributed by atoms with Crippen LogP contribution in [0.3, 0.4) is 0 Å². The SMILES string of the molecule is CCc1oc2cc(S(=O)(=O)NC)ccc2c1C(=O)c1cc(Br)c(O)c(Br)c1. The molecule has 1 heterocycles. The molecule has 0 spiro atoms. The molecular weight excluding hydrogens is 502 g/mol. The first-order valence-electron chi connectivity index (χ1n) is 7.91. The lowest BCUT2D eigenvalue weighted by Crippen LogP contribution is -2.18. The number of rotatable bonds is 5. The fourth-order valence-corrected chi connectivity index (χ4v) is 4.68. The fraction of sp³-hybridized carbons (Fsp3) is 0.167. The van der Waals surface area contributed by atoms with Crippen LogP contribution in [0, 0.1) is 0 Å². The molecule has 0 aliphatic rings. The molecule has 2 aromatic carbocycles. The number of phenolic OH excluding ortho intramolecular Hbond substituents is 1. The van der Waals surface area contributed by atoms with Crippen molar-refractivity contribution in [3.63, 3.8) is 0 Å². The van der Waals surface area contributed by atoms with Gasteiger partial charge < -0.3 is 9.52 Å². The standard InChI is InChI=1S/C18H15Br2NO5S/c1-3-14-16(17(22)9-6-12(19)18(23)13(20)7-9)11-5-4-10(8-15(11)26-14)27(24,25)21-2/h4-8,21,23H,3H2,1-2H3. The summed E-state index contributed by atoms with van der Waals surface area (Å²) in [6.45, 7) is 1.85. The Morgan fingerprint density at radius 3 is 2.37 bits per heavy atom. The van der Waals surface area contributed by atoms with Crippen molar-refractivity contribution in [1.29, 1.82) is 0 Å². The predicted octanol–water partition coefficient (Wildman–Crippen LogP) is 4.36. The van der Waals surface area contributed by atoms with Crippen LogP contribution in [-0.2, 0) is 16.4 Å². The van der Waals surface area contributed by atoms with Crippen molar-refractivity contribution in [2.45, 2.75) is 18.2 Å². The third kappa shape index (κ3) is 3.56. The molecule has 0 saturated carbocycles. The average molecular weight is 517 g/mol. The number of benzene rings is 2. The molecule has 0 atom stereocenters. The lowest BCUT2D eigenvalue weighted by molar-refractivity contribution is 0.103. The summed E-state index contributed by atoms with van der Waals surface area (Å²) in [5.74, 6) is 0.187. The topological polar surface area (TPSA) is 96.6 Å². The van der Waals surface area contributed by atoms with Gasteiger partial charge in [0.05, 0.1) is 19.4 Å².